The van der Waals surface area contributed by atoms with E-state index in [-0.39, 0.29) is 0 Å². The van der Waals surface area contributed by atoms with Gasteiger partial charge in [0.25, 0.3) is 0 Å². The molecule has 1 unspecified atom stereocenters. The Morgan fingerprint density at radius 3 is 2.65 bits per heavy atom. The van der Waals surface area contributed by atoms with Gasteiger partial charge in [0.1, 0.15) is 0 Å². The van der Waals surface area contributed by atoms with E-state index in [1.807, 2.05) is 0 Å². The lowest BCUT2D eigenvalue weighted by Gasteiger charge is -2.52. The molecule has 3 rings (SSSR count). The summed E-state index contributed by atoms with van der Waals surface area (Å²) in [6.07, 6.45) is 11.7. The van der Waals surface area contributed by atoms with Crippen LogP contribution in [-0.4, -0.2) is 36.1 Å². The van der Waals surface area contributed by atoms with Crippen LogP contribution in [0.1, 0.15) is 58.3 Å². The van der Waals surface area contributed by atoms with Crippen LogP contribution in [0.15, 0.2) is 0 Å². The largest absolute Gasteiger partial charge is 0.311 e. The van der Waals surface area contributed by atoms with E-state index in [0.29, 0.717) is 11.6 Å². The van der Waals surface area contributed by atoms with Crippen LogP contribution in [-0.2, 0) is 0 Å². The maximum Gasteiger partial charge on any atom is 0.0334 e. The second kappa shape index (κ2) is 4.89. The second-order valence-electron chi connectivity index (χ2n) is 6.75. The summed E-state index contributed by atoms with van der Waals surface area (Å²) >= 11 is 0. The van der Waals surface area contributed by atoms with Gasteiger partial charge in [-0.15, -0.1) is 0 Å². The summed E-state index contributed by atoms with van der Waals surface area (Å²) in [5, 5.41) is 3.73. The van der Waals surface area contributed by atoms with Gasteiger partial charge in [-0.25, -0.2) is 0 Å². The van der Waals surface area contributed by atoms with E-state index in [4.69, 9.17) is 0 Å². The minimum Gasteiger partial charge on any atom is -0.311 e. The Labute approximate surface area is 106 Å². The van der Waals surface area contributed by atoms with Crippen molar-refractivity contribution in [2.24, 2.45) is 5.92 Å². The van der Waals surface area contributed by atoms with Crippen molar-refractivity contribution in [1.82, 2.24) is 10.2 Å². The smallest absolute Gasteiger partial charge is 0.0334 e. The van der Waals surface area contributed by atoms with Crippen molar-refractivity contribution in [3.8, 4) is 0 Å². The van der Waals surface area contributed by atoms with Gasteiger partial charge in [0.15, 0.2) is 0 Å². The van der Waals surface area contributed by atoms with Crippen LogP contribution in [0.2, 0.25) is 0 Å². The lowest BCUT2D eigenvalue weighted by molar-refractivity contribution is 0.0110. The van der Waals surface area contributed by atoms with Crippen LogP contribution in [0.5, 0.6) is 0 Å². The fraction of sp³-hybridized carbons (Fsp3) is 1.00. The molecule has 17 heavy (non-hydrogen) atoms. The molecule has 0 aromatic heterocycles. The normalized spacial score (nSPS) is 34.1. The summed E-state index contributed by atoms with van der Waals surface area (Å²) in [4.78, 5) is 2.87. The summed E-state index contributed by atoms with van der Waals surface area (Å²) in [6, 6.07) is 0.696. The molecule has 1 saturated heterocycles. The third-order valence-electron chi connectivity index (χ3n) is 5.23. The predicted octanol–water partition coefficient (Wildman–Crippen LogP) is 2.78. The van der Waals surface area contributed by atoms with E-state index >= 15 is 0 Å². The van der Waals surface area contributed by atoms with E-state index in [1.54, 1.807) is 0 Å². The number of rotatable bonds is 3. The van der Waals surface area contributed by atoms with E-state index < -0.39 is 0 Å². The van der Waals surface area contributed by atoms with Crippen LogP contribution in [0.25, 0.3) is 0 Å². The Bertz CT molecular complexity index is 254. The molecule has 2 aliphatic carbocycles. The molecule has 0 aromatic rings. The van der Waals surface area contributed by atoms with Gasteiger partial charge in [-0.1, -0.05) is 32.1 Å². The first-order valence-electron chi connectivity index (χ1n) is 7.77. The van der Waals surface area contributed by atoms with Crippen molar-refractivity contribution in [2.45, 2.75) is 69.9 Å². The maximum absolute atomic E-state index is 3.73. The van der Waals surface area contributed by atoms with Crippen molar-refractivity contribution in [3.05, 3.63) is 0 Å². The Balaban J connectivity index is 1.64. The molecule has 1 aliphatic heterocycles. The summed E-state index contributed by atoms with van der Waals surface area (Å²) in [5.41, 5.74) is 0.541. The summed E-state index contributed by atoms with van der Waals surface area (Å²) in [7, 11) is 0. The van der Waals surface area contributed by atoms with Crippen LogP contribution in [0.4, 0.5) is 0 Å². The van der Waals surface area contributed by atoms with E-state index in [2.05, 4.69) is 17.1 Å². The second-order valence-corrected chi connectivity index (χ2v) is 6.75. The Morgan fingerprint density at radius 1 is 1.18 bits per heavy atom. The van der Waals surface area contributed by atoms with Crippen molar-refractivity contribution in [1.29, 1.82) is 0 Å². The van der Waals surface area contributed by atoms with Gasteiger partial charge in [0, 0.05) is 24.7 Å². The van der Waals surface area contributed by atoms with Gasteiger partial charge in [-0.2, -0.15) is 0 Å². The molecule has 1 heterocycles. The van der Waals surface area contributed by atoms with E-state index in [0.717, 1.165) is 5.92 Å². The Morgan fingerprint density at radius 2 is 1.94 bits per heavy atom. The lowest BCUT2D eigenvalue weighted by Crippen LogP contribution is -2.64. The van der Waals surface area contributed by atoms with Crippen molar-refractivity contribution in [3.63, 3.8) is 0 Å². The highest BCUT2D eigenvalue weighted by atomic mass is 15.3. The first-order valence-corrected chi connectivity index (χ1v) is 7.77. The minimum absolute atomic E-state index is 0.541. The average Bonchev–Trinajstić information content (AvgIpc) is 3.16. The fourth-order valence-corrected chi connectivity index (χ4v) is 3.84. The first kappa shape index (κ1) is 12.0. The SMILES string of the molecule is CC1CN(CCC2CC2)C2(CCCCC2)CN1. The number of piperazine rings is 1. The van der Waals surface area contributed by atoms with Crippen LogP contribution >= 0.6 is 0 Å². The molecule has 1 N–H and O–H groups in total. The molecule has 1 spiro atoms. The molecule has 3 aliphatic rings. The Hall–Kier alpha value is -0.0800. The zero-order valence-electron chi connectivity index (χ0n) is 11.4. The molecule has 0 bridgehead atoms. The van der Waals surface area contributed by atoms with E-state index in [9.17, 15) is 0 Å². The molecule has 0 amide bonds. The van der Waals surface area contributed by atoms with Gasteiger partial charge >= 0.3 is 0 Å². The van der Waals surface area contributed by atoms with Gasteiger partial charge in [-0.05, 0) is 38.6 Å². The fourth-order valence-electron chi connectivity index (χ4n) is 3.84. The summed E-state index contributed by atoms with van der Waals surface area (Å²) < 4.78 is 0. The summed E-state index contributed by atoms with van der Waals surface area (Å²) in [5.74, 6) is 1.08. The molecule has 2 heteroatoms. The molecule has 98 valence electrons. The lowest BCUT2D eigenvalue weighted by atomic mass is 9.78. The number of hydrogen-bond acceptors (Lipinski definition) is 2. The molecular formula is C15H28N2. The highest BCUT2D eigenvalue weighted by Crippen LogP contribution is 2.38. The number of nitrogens with zero attached hydrogens (tertiary/aromatic N) is 1. The summed E-state index contributed by atoms with van der Waals surface area (Å²) in [6.45, 7) is 6.25. The molecule has 2 saturated carbocycles. The first-order chi connectivity index (χ1) is 8.28. The predicted molar refractivity (Wildman–Crippen MR) is 72.2 cm³/mol. The highest BCUT2D eigenvalue weighted by molar-refractivity contribution is 5.00. The topological polar surface area (TPSA) is 15.3 Å². The molecule has 3 fully saturated rings. The van der Waals surface area contributed by atoms with Crippen LogP contribution < -0.4 is 5.32 Å². The third kappa shape index (κ3) is 2.68. The molecular weight excluding hydrogens is 208 g/mol. The highest BCUT2D eigenvalue weighted by Gasteiger charge is 2.41. The third-order valence-corrected chi connectivity index (χ3v) is 5.23. The number of nitrogens with one attached hydrogen (secondary N) is 1. The van der Waals surface area contributed by atoms with Gasteiger partial charge < -0.3 is 5.32 Å². The van der Waals surface area contributed by atoms with Crippen LogP contribution in [0, 0.1) is 5.92 Å². The van der Waals surface area contributed by atoms with Gasteiger partial charge in [-0.3, -0.25) is 4.90 Å². The zero-order valence-corrected chi connectivity index (χ0v) is 11.4. The minimum atomic E-state index is 0.541. The Kier molecular flexibility index (Phi) is 3.45. The van der Waals surface area contributed by atoms with Crippen molar-refractivity contribution < 1.29 is 0 Å². The quantitative estimate of drug-likeness (QED) is 0.810. The average molecular weight is 236 g/mol. The maximum atomic E-state index is 3.73. The van der Waals surface area contributed by atoms with Gasteiger partial charge in [0.2, 0.25) is 0 Å². The van der Waals surface area contributed by atoms with E-state index in [1.165, 1.54) is 71.0 Å². The molecule has 0 aromatic carbocycles. The standard InChI is InChI=1S/C15H28N2/c1-13-11-17(10-7-14-5-6-14)15(12-16-13)8-3-2-4-9-15/h13-14,16H,2-12H2,1H3. The monoisotopic (exact) mass is 236 g/mol. The van der Waals surface area contributed by atoms with Crippen molar-refractivity contribution >= 4 is 0 Å². The molecule has 1 atom stereocenters. The van der Waals surface area contributed by atoms with Gasteiger partial charge in [0.05, 0.1) is 0 Å². The zero-order chi connectivity index (χ0) is 11.7. The number of hydrogen-bond donors (Lipinski definition) is 1. The van der Waals surface area contributed by atoms with Crippen LogP contribution in [0.3, 0.4) is 0 Å². The van der Waals surface area contributed by atoms with Crippen molar-refractivity contribution in [2.75, 3.05) is 19.6 Å². The molecule has 2 nitrogen and oxygen atoms in total. The molecule has 0 radical (unpaired) electrons.